The zero-order valence-corrected chi connectivity index (χ0v) is 11.1. The van der Waals surface area contributed by atoms with Crippen molar-refractivity contribution in [1.29, 1.82) is 0 Å². The highest BCUT2D eigenvalue weighted by Crippen LogP contribution is 2.25. The van der Waals surface area contributed by atoms with Gasteiger partial charge in [-0.2, -0.15) is 0 Å². The first-order valence-electron chi connectivity index (χ1n) is 5.59. The maximum Gasteiger partial charge on any atom is 0.135 e. The average Bonchev–Trinajstić information content (AvgIpc) is 2.85. The van der Waals surface area contributed by atoms with Crippen molar-refractivity contribution in [1.82, 2.24) is 15.0 Å². The largest absolute Gasteiger partial charge is 0.385 e. The van der Waals surface area contributed by atoms with Gasteiger partial charge in [-0.1, -0.05) is 20.8 Å². The van der Waals surface area contributed by atoms with Crippen LogP contribution in [0.25, 0.3) is 0 Å². The summed E-state index contributed by atoms with van der Waals surface area (Å²) in [6, 6.07) is 0. The van der Waals surface area contributed by atoms with E-state index in [4.69, 9.17) is 0 Å². The van der Waals surface area contributed by atoms with E-state index in [-0.39, 0.29) is 5.41 Å². The zero-order chi connectivity index (χ0) is 12.5. The van der Waals surface area contributed by atoms with Gasteiger partial charge in [-0.15, -0.1) is 11.3 Å². The van der Waals surface area contributed by atoms with E-state index in [1.165, 1.54) is 0 Å². The summed E-state index contributed by atoms with van der Waals surface area (Å²) in [5, 5.41) is 13.0. The van der Waals surface area contributed by atoms with E-state index in [0.717, 1.165) is 10.7 Å². The molecule has 17 heavy (non-hydrogen) atoms. The monoisotopic (exact) mass is 251 g/mol. The third-order valence-electron chi connectivity index (χ3n) is 2.52. The minimum Gasteiger partial charge on any atom is -0.385 e. The first-order chi connectivity index (χ1) is 7.97. The second-order valence-corrected chi connectivity index (χ2v) is 6.01. The number of aliphatic hydroxyl groups is 1. The Morgan fingerprint density at radius 3 is 2.76 bits per heavy atom. The van der Waals surface area contributed by atoms with Crippen LogP contribution in [-0.2, 0) is 11.8 Å². The molecule has 0 radical (unpaired) electrons. The molecule has 0 aliphatic carbocycles. The predicted octanol–water partition coefficient (Wildman–Crippen LogP) is 2.44. The van der Waals surface area contributed by atoms with Gasteiger partial charge in [-0.05, 0) is 0 Å². The van der Waals surface area contributed by atoms with E-state index in [1.54, 1.807) is 23.7 Å². The van der Waals surface area contributed by atoms with Gasteiger partial charge in [0.2, 0.25) is 0 Å². The van der Waals surface area contributed by atoms with Gasteiger partial charge < -0.3 is 10.1 Å². The second kappa shape index (κ2) is 4.58. The number of H-pyrrole nitrogens is 1. The smallest absolute Gasteiger partial charge is 0.135 e. The van der Waals surface area contributed by atoms with E-state index in [1.807, 2.05) is 0 Å². The molecular formula is C12H17N3OS. The van der Waals surface area contributed by atoms with Crippen LogP contribution < -0.4 is 0 Å². The molecule has 0 spiro atoms. The number of nitrogens with one attached hydrogen (secondary N) is 1. The van der Waals surface area contributed by atoms with Crippen molar-refractivity contribution in [3.05, 3.63) is 34.3 Å². The molecule has 0 aliphatic rings. The first kappa shape index (κ1) is 12.3. The summed E-state index contributed by atoms with van der Waals surface area (Å²) >= 11 is 1.59. The van der Waals surface area contributed by atoms with Gasteiger partial charge in [0.05, 0.1) is 10.7 Å². The van der Waals surface area contributed by atoms with Gasteiger partial charge >= 0.3 is 0 Å². The van der Waals surface area contributed by atoms with Crippen molar-refractivity contribution >= 4 is 11.3 Å². The van der Waals surface area contributed by atoms with Gasteiger partial charge in [-0.3, -0.25) is 0 Å². The number of rotatable bonds is 3. The van der Waals surface area contributed by atoms with Crippen LogP contribution in [0, 0.1) is 0 Å². The number of thiazole rings is 1. The van der Waals surface area contributed by atoms with Crippen LogP contribution in [-0.4, -0.2) is 20.1 Å². The molecule has 2 rings (SSSR count). The molecule has 1 unspecified atom stereocenters. The molecule has 92 valence electrons. The maximum absolute atomic E-state index is 9.95. The Bertz CT molecular complexity index is 470. The maximum atomic E-state index is 9.95. The standard InChI is InChI=1S/C12H17N3OS/c1-12(2,3)9-7-17-10(15-9)6-8(16)11-13-4-5-14-11/h4-5,7-8,16H,6H2,1-3H3,(H,13,14). The Labute approximate surface area is 105 Å². The summed E-state index contributed by atoms with van der Waals surface area (Å²) in [6.45, 7) is 6.40. The van der Waals surface area contributed by atoms with Crippen molar-refractivity contribution in [2.75, 3.05) is 0 Å². The molecule has 4 nitrogen and oxygen atoms in total. The van der Waals surface area contributed by atoms with Crippen LogP contribution in [0.15, 0.2) is 17.8 Å². The van der Waals surface area contributed by atoms with E-state index in [0.29, 0.717) is 12.2 Å². The number of hydrogen-bond donors (Lipinski definition) is 2. The van der Waals surface area contributed by atoms with Gasteiger partial charge in [0.1, 0.15) is 11.9 Å². The summed E-state index contributed by atoms with van der Waals surface area (Å²) in [6.07, 6.45) is 3.25. The highest BCUT2D eigenvalue weighted by atomic mass is 32.1. The molecule has 0 fully saturated rings. The lowest BCUT2D eigenvalue weighted by Crippen LogP contribution is -2.12. The summed E-state index contributed by atoms with van der Waals surface area (Å²) in [4.78, 5) is 11.5. The number of aromatic nitrogens is 3. The molecular weight excluding hydrogens is 234 g/mol. The lowest BCUT2D eigenvalue weighted by atomic mass is 9.93. The molecule has 2 aromatic rings. The number of imidazole rings is 1. The highest BCUT2D eigenvalue weighted by molar-refractivity contribution is 7.09. The molecule has 1 atom stereocenters. The van der Waals surface area contributed by atoms with Crippen LogP contribution in [0.5, 0.6) is 0 Å². The van der Waals surface area contributed by atoms with Gasteiger partial charge in [0.15, 0.2) is 0 Å². The topological polar surface area (TPSA) is 61.8 Å². The Morgan fingerprint density at radius 1 is 1.47 bits per heavy atom. The molecule has 0 bridgehead atoms. The fourth-order valence-electron chi connectivity index (χ4n) is 1.47. The lowest BCUT2D eigenvalue weighted by molar-refractivity contribution is 0.169. The molecule has 2 N–H and O–H groups in total. The normalized spacial score (nSPS) is 13.9. The van der Waals surface area contributed by atoms with E-state index >= 15 is 0 Å². The zero-order valence-electron chi connectivity index (χ0n) is 10.3. The summed E-state index contributed by atoms with van der Waals surface area (Å²) in [7, 11) is 0. The minimum atomic E-state index is -0.607. The number of aromatic amines is 1. The van der Waals surface area contributed by atoms with Crippen LogP contribution >= 0.6 is 11.3 Å². The predicted molar refractivity (Wildman–Crippen MR) is 68.1 cm³/mol. The molecule has 0 amide bonds. The van der Waals surface area contributed by atoms with Crippen molar-refractivity contribution in [3.8, 4) is 0 Å². The minimum absolute atomic E-state index is 0.0599. The van der Waals surface area contributed by atoms with E-state index in [2.05, 4.69) is 41.1 Å². The molecule has 0 saturated carbocycles. The third kappa shape index (κ3) is 2.92. The van der Waals surface area contributed by atoms with Crippen molar-refractivity contribution in [2.45, 2.75) is 38.7 Å². The Kier molecular flexibility index (Phi) is 3.31. The van der Waals surface area contributed by atoms with Crippen molar-refractivity contribution in [3.63, 3.8) is 0 Å². The van der Waals surface area contributed by atoms with Crippen LogP contribution in [0.2, 0.25) is 0 Å². The SMILES string of the molecule is CC(C)(C)c1csc(CC(O)c2ncc[nH]2)n1. The number of nitrogens with zero attached hydrogens (tertiary/aromatic N) is 2. The van der Waals surface area contributed by atoms with Crippen molar-refractivity contribution < 1.29 is 5.11 Å². The number of aliphatic hydroxyl groups excluding tert-OH is 1. The molecule has 0 aromatic carbocycles. The van der Waals surface area contributed by atoms with E-state index < -0.39 is 6.10 Å². The van der Waals surface area contributed by atoms with Gasteiger partial charge in [-0.25, -0.2) is 9.97 Å². The third-order valence-corrected chi connectivity index (χ3v) is 3.39. The Hall–Kier alpha value is -1.20. The number of hydrogen-bond acceptors (Lipinski definition) is 4. The molecule has 2 heterocycles. The highest BCUT2D eigenvalue weighted by Gasteiger charge is 2.19. The fourth-order valence-corrected chi connectivity index (χ4v) is 2.53. The first-order valence-corrected chi connectivity index (χ1v) is 6.47. The van der Waals surface area contributed by atoms with Crippen molar-refractivity contribution in [2.24, 2.45) is 0 Å². The van der Waals surface area contributed by atoms with Crippen LogP contribution in [0.4, 0.5) is 0 Å². The summed E-state index contributed by atoms with van der Waals surface area (Å²) in [5.74, 6) is 0.595. The van der Waals surface area contributed by atoms with Gasteiger partial charge in [0, 0.05) is 29.6 Å². The second-order valence-electron chi connectivity index (χ2n) is 5.07. The Morgan fingerprint density at radius 2 is 2.24 bits per heavy atom. The summed E-state index contributed by atoms with van der Waals surface area (Å²) < 4.78 is 0. The average molecular weight is 251 g/mol. The quantitative estimate of drug-likeness (QED) is 0.880. The van der Waals surface area contributed by atoms with E-state index in [9.17, 15) is 5.11 Å². The molecule has 5 heteroatoms. The van der Waals surface area contributed by atoms with Crippen LogP contribution in [0.3, 0.4) is 0 Å². The molecule has 0 aliphatic heterocycles. The molecule has 0 saturated heterocycles. The molecule has 2 aromatic heterocycles. The van der Waals surface area contributed by atoms with Gasteiger partial charge in [0.25, 0.3) is 0 Å². The summed E-state index contributed by atoms with van der Waals surface area (Å²) in [5.41, 5.74) is 1.13. The van der Waals surface area contributed by atoms with Crippen LogP contribution in [0.1, 0.15) is 43.4 Å². The lowest BCUT2D eigenvalue weighted by Gasteiger charge is -2.14. The Balaban J connectivity index is 2.07. The fraction of sp³-hybridized carbons (Fsp3) is 0.500.